The number of carbonyl (C=O) groups excluding carboxylic acids is 1. The normalized spacial score (nSPS) is 16.1. The molecular weight excluding hydrogens is 334 g/mol. The van der Waals surface area contributed by atoms with Crippen LogP contribution in [-0.4, -0.2) is 50.1 Å². The number of anilines is 1. The van der Waals surface area contributed by atoms with Gasteiger partial charge in [-0.3, -0.25) is 4.79 Å². The molecule has 4 rings (SSSR count). The van der Waals surface area contributed by atoms with Gasteiger partial charge < -0.3 is 14.4 Å². The third-order valence-electron chi connectivity index (χ3n) is 3.98. The summed E-state index contributed by atoms with van der Waals surface area (Å²) in [6.07, 6.45) is 1.13. The number of aromatic nitrogens is 2. The highest BCUT2D eigenvalue weighted by Gasteiger charge is 2.29. The van der Waals surface area contributed by atoms with Crippen LogP contribution in [-0.2, 0) is 16.4 Å². The molecule has 1 amide bonds. The number of amides is 1. The largest absolute Gasteiger partial charge is 0.490 e. The van der Waals surface area contributed by atoms with Gasteiger partial charge in [-0.1, -0.05) is 0 Å². The van der Waals surface area contributed by atoms with E-state index in [1.165, 1.54) is 17.0 Å². The Morgan fingerprint density at radius 2 is 1.96 bits per heavy atom. The zero-order chi connectivity index (χ0) is 16.9. The fraction of sp³-hybridized carbons (Fsp3) is 0.333. The number of fused-ring (bicyclic) bond motifs is 2. The van der Waals surface area contributed by atoms with Crippen molar-refractivity contribution in [2.75, 3.05) is 30.9 Å². The van der Waals surface area contributed by atoms with Gasteiger partial charge in [-0.15, -0.1) is 0 Å². The van der Waals surface area contributed by atoms with E-state index >= 15 is 0 Å². The van der Waals surface area contributed by atoms with Crippen molar-refractivity contribution in [3.05, 3.63) is 30.0 Å². The first-order chi connectivity index (χ1) is 11.4. The van der Waals surface area contributed by atoms with Crippen molar-refractivity contribution >= 4 is 21.4 Å². The van der Waals surface area contributed by atoms with Crippen molar-refractivity contribution in [3.63, 3.8) is 0 Å². The molecule has 0 saturated heterocycles. The fourth-order valence-corrected chi connectivity index (χ4v) is 3.44. The second-order valence-corrected chi connectivity index (χ2v) is 7.66. The van der Waals surface area contributed by atoms with Gasteiger partial charge in [0.2, 0.25) is 5.88 Å². The summed E-state index contributed by atoms with van der Waals surface area (Å²) in [5, 5.41) is 4.25. The van der Waals surface area contributed by atoms with Crippen molar-refractivity contribution in [3.8, 4) is 11.6 Å². The number of hydrogen-bond donors (Lipinski definition) is 0. The van der Waals surface area contributed by atoms with Gasteiger partial charge in [-0.05, 0) is 18.2 Å². The maximum Gasteiger partial charge on any atom is 0.279 e. The number of ether oxygens (including phenoxy) is 2. The van der Waals surface area contributed by atoms with E-state index in [0.717, 1.165) is 6.26 Å². The number of carbonyl (C=O) groups is 1. The summed E-state index contributed by atoms with van der Waals surface area (Å²) in [6, 6.07) is 6.11. The predicted octanol–water partition coefficient (Wildman–Crippen LogP) is 0.718. The van der Waals surface area contributed by atoms with E-state index in [9.17, 15) is 13.2 Å². The summed E-state index contributed by atoms with van der Waals surface area (Å²) in [5.41, 5.74) is 0.700. The van der Waals surface area contributed by atoms with Crippen LogP contribution in [0.3, 0.4) is 0 Å². The standard InChI is InChI=1S/C15H15N3O5S/c1-24(20,21)10-2-3-13-12(8-10)17(4-6-22-13)15(19)11-9-14-18(16-11)5-7-23-14/h2-3,8-9H,4-7H2,1H3. The predicted molar refractivity (Wildman–Crippen MR) is 84.4 cm³/mol. The van der Waals surface area contributed by atoms with Gasteiger partial charge in [-0.2, -0.15) is 5.10 Å². The first kappa shape index (κ1) is 15.0. The topological polar surface area (TPSA) is 90.7 Å². The Kier molecular flexibility index (Phi) is 3.27. The Labute approximate surface area is 138 Å². The third kappa shape index (κ3) is 2.41. The van der Waals surface area contributed by atoms with Gasteiger partial charge in [0.15, 0.2) is 15.5 Å². The molecule has 24 heavy (non-hydrogen) atoms. The van der Waals surface area contributed by atoms with E-state index in [4.69, 9.17) is 9.47 Å². The van der Waals surface area contributed by atoms with Crippen LogP contribution in [0, 0.1) is 0 Å². The zero-order valence-electron chi connectivity index (χ0n) is 12.9. The van der Waals surface area contributed by atoms with Crippen LogP contribution >= 0.6 is 0 Å². The smallest absolute Gasteiger partial charge is 0.279 e. The lowest BCUT2D eigenvalue weighted by Crippen LogP contribution is -2.38. The molecule has 2 aromatic rings. The van der Waals surface area contributed by atoms with Crippen molar-refractivity contribution in [2.45, 2.75) is 11.4 Å². The Hall–Kier alpha value is -2.55. The SMILES string of the molecule is CS(=O)(=O)c1ccc2c(c1)N(C(=O)c1cc3n(n1)CCO3)CCO2. The molecule has 3 heterocycles. The molecule has 126 valence electrons. The second kappa shape index (κ2) is 5.23. The van der Waals surface area contributed by atoms with Gasteiger partial charge in [0.1, 0.15) is 19.0 Å². The minimum Gasteiger partial charge on any atom is -0.490 e. The van der Waals surface area contributed by atoms with E-state index in [2.05, 4.69) is 5.10 Å². The van der Waals surface area contributed by atoms with Crippen molar-refractivity contribution in [1.29, 1.82) is 0 Å². The molecule has 0 bridgehead atoms. The Morgan fingerprint density at radius 1 is 1.17 bits per heavy atom. The molecule has 0 unspecified atom stereocenters. The summed E-state index contributed by atoms with van der Waals surface area (Å²) in [7, 11) is -3.38. The van der Waals surface area contributed by atoms with Crippen LogP contribution in [0.4, 0.5) is 5.69 Å². The number of hydrogen-bond acceptors (Lipinski definition) is 6. The number of sulfone groups is 1. The summed E-state index contributed by atoms with van der Waals surface area (Å²) in [5.74, 6) is 0.734. The average molecular weight is 349 g/mol. The molecule has 0 N–H and O–H groups in total. The van der Waals surface area contributed by atoms with E-state index in [1.807, 2.05) is 0 Å². The molecule has 0 fully saturated rings. The molecule has 0 atom stereocenters. The lowest BCUT2D eigenvalue weighted by molar-refractivity contribution is 0.0970. The fourth-order valence-electron chi connectivity index (χ4n) is 2.79. The van der Waals surface area contributed by atoms with Gasteiger partial charge in [0.05, 0.1) is 23.7 Å². The third-order valence-corrected chi connectivity index (χ3v) is 5.09. The lowest BCUT2D eigenvalue weighted by Gasteiger charge is -2.29. The summed E-state index contributed by atoms with van der Waals surface area (Å²) >= 11 is 0. The van der Waals surface area contributed by atoms with E-state index in [0.29, 0.717) is 43.6 Å². The minimum atomic E-state index is -3.38. The molecule has 0 radical (unpaired) electrons. The number of rotatable bonds is 2. The van der Waals surface area contributed by atoms with Gasteiger partial charge in [0.25, 0.3) is 5.91 Å². The van der Waals surface area contributed by atoms with Crippen LogP contribution < -0.4 is 14.4 Å². The van der Waals surface area contributed by atoms with Crippen LogP contribution in [0.2, 0.25) is 0 Å². The first-order valence-corrected chi connectivity index (χ1v) is 9.32. The van der Waals surface area contributed by atoms with Crippen molar-refractivity contribution in [2.24, 2.45) is 0 Å². The highest BCUT2D eigenvalue weighted by Crippen LogP contribution is 2.35. The zero-order valence-corrected chi connectivity index (χ0v) is 13.7. The summed E-state index contributed by atoms with van der Waals surface area (Å²) < 4.78 is 36.1. The molecular formula is C15H15N3O5S. The maximum atomic E-state index is 12.8. The Bertz CT molecular complexity index is 913. The molecule has 2 aliphatic heterocycles. The molecule has 9 heteroatoms. The van der Waals surface area contributed by atoms with E-state index < -0.39 is 9.84 Å². The molecule has 0 aliphatic carbocycles. The highest BCUT2D eigenvalue weighted by molar-refractivity contribution is 7.90. The monoisotopic (exact) mass is 349 g/mol. The summed E-state index contributed by atoms with van der Waals surface area (Å²) in [6.45, 7) is 1.82. The van der Waals surface area contributed by atoms with Crippen LogP contribution in [0.5, 0.6) is 11.6 Å². The van der Waals surface area contributed by atoms with Gasteiger partial charge >= 0.3 is 0 Å². The van der Waals surface area contributed by atoms with E-state index in [-0.39, 0.29) is 16.5 Å². The quantitative estimate of drug-likeness (QED) is 0.793. The molecule has 1 aromatic carbocycles. The van der Waals surface area contributed by atoms with Crippen molar-refractivity contribution < 1.29 is 22.7 Å². The molecule has 1 aromatic heterocycles. The van der Waals surface area contributed by atoms with Crippen molar-refractivity contribution in [1.82, 2.24) is 9.78 Å². The van der Waals surface area contributed by atoms with E-state index in [1.54, 1.807) is 16.8 Å². The van der Waals surface area contributed by atoms with Crippen LogP contribution in [0.15, 0.2) is 29.2 Å². The molecule has 0 saturated carbocycles. The molecule has 8 nitrogen and oxygen atoms in total. The lowest BCUT2D eigenvalue weighted by atomic mass is 10.2. The highest BCUT2D eigenvalue weighted by atomic mass is 32.2. The van der Waals surface area contributed by atoms with Crippen LogP contribution in [0.25, 0.3) is 0 Å². The summed E-state index contributed by atoms with van der Waals surface area (Å²) in [4.78, 5) is 14.4. The van der Waals surface area contributed by atoms with Gasteiger partial charge in [-0.25, -0.2) is 13.1 Å². The maximum absolute atomic E-state index is 12.8. The Balaban J connectivity index is 1.73. The first-order valence-electron chi connectivity index (χ1n) is 7.43. The Morgan fingerprint density at radius 3 is 2.71 bits per heavy atom. The van der Waals surface area contributed by atoms with Gasteiger partial charge in [0, 0.05) is 12.3 Å². The number of benzene rings is 1. The van der Waals surface area contributed by atoms with Crippen LogP contribution in [0.1, 0.15) is 10.5 Å². The minimum absolute atomic E-state index is 0.139. The number of nitrogens with zero attached hydrogens (tertiary/aromatic N) is 3. The molecule has 2 aliphatic rings. The second-order valence-electron chi connectivity index (χ2n) is 5.65. The molecule has 0 spiro atoms. The average Bonchev–Trinajstić information content (AvgIpc) is 3.13.